The van der Waals surface area contributed by atoms with Crippen LogP contribution in [0.3, 0.4) is 0 Å². The minimum absolute atomic E-state index is 0.201. The van der Waals surface area contributed by atoms with Gasteiger partial charge in [-0.15, -0.1) is 11.3 Å². The number of hydrogen-bond donors (Lipinski definition) is 1. The predicted molar refractivity (Wildman–Crippen MR) is 84.0 cm³/mol. The van der Waals surface area contributed by atoms with Crippen molar-refractivity contribution in [1.82, 2.24) is 4.90 Å². The monoisotopic (exact) mass is 332 g/mol. The normalized spacial score (nSPS) is 12.9. The Hall–Kier alpha value is -0.650. The van der Waals surface area contributed by atoms with E-state index in [1.807, 2.05) is 24.1 Å². The molecule has 20 heavy (non-hydrogen) atoms. The molecule has 0 spiro atoms. The van der Waals surface area contributed by atoms with Crippen LogP contribution < -0.4 is 5.73 Å². The van der Waals surface area contributed by atoms with Gasteiger partial charge >= 0.3 is 0 Å². The van der Waals surface area contributed by atoms with Crippen molar-refractivity contribution in [2.75, 3.05) is 13.6 Å². The maximum Gasteiger partial charge on any atom is 0.129 e. The zero-order valence-corrected chi connectivity index (χ0v) is 13.3. The maximum atomic E-state index is 14.0. The molecule has 0 aliphatic rings. The van der Waals surface area contributed by atoms with Gasteiger partial charge in [0.1, 0.15) is 5.82 Å². The summed E-state index contributed by atoms with van der Waals surface area (Å²) in [5.74, 6) is -0.330. The quantitative estimate of drug-likeness (QED) is 0.883. The van der Waals surface area contributed by atoms with Crippen molar-refractivity contribution in [2.45, 2.75) is 12.6 Å². The van der Waals surface area contributed by atoms with Gasteiger partial charge in [-0.2, -0.15) is 0 Å². The Morgan fingerprint density at radius 3 is 2.60 bits per heavy atom. The van der Waals surface area contributed by atoms with E-state index in [4.69, 9.17) is 28.9 Å². The van der Waals surface area contributed by atoms with E-state index in [1.54, 1.807) is 12.1 Å². The zero-order valence-electron chi connectivity index (χ0n) is 10.9. The molecule has 0 aliphatic heterocycles. The summed E-state index contributed by atoms with van der Waals surface area (Å²) >= 11 is 13.2. The Labute approximate surface area is 131 Å². The zero-order chi connectivity index (χ0) is 14.7. The number of likely N-dealkylation sites (N-methyl/N-ethyl adjacent to an activating group) is 1. The van der Waals surface area contributed by atoms with Crippen LogP contribution in [-0.2, 0) is 6.54 Å². The Morgan fingerprint density at radius 1 is 1.30 bits per heavy atom. The molecule has 0 bridgehead atoms. The molecular formula is C14H15Cl2FN2S. The summed E-state index contributed by atoms with van der Waals surface area (Å²) in [6, 6.07) is 8.31. The second-order valence-electron chi connectivity index (χ2n) is 4.54. The van der Waals surface area contributed by atoms with Gasteiger partial charge in [-0.25, -0.2) is 4.39 Å². The van der Waals surface area contributed by atoms with Gasteiger partial charge in [0, 0.05) is 34.6 Å². The first-order valence-electron chi connectivity index (χ1n) is 6.10. The lowest BCUT2D eigenvalue weighted by Crippen LogP contribution is -2.30. The topological polar surface area (TPSA) is 29.3 Å². The van der Waals surface area contributed by atoms with Gasteiger partial charge < -0.3 is 5.73 Å². The molecule has 1 atom stereocenters. The number of rotatable bonds is 5. The second-order valence-corrected chi connectivity index (χ2v) is 6.77. The molecule has 1 unspecified atom stereocenters. The molecule has 0 aliphatic carbocycles. The average Bonchev–Trinajstić information content (AvgIpc) is 2.78. The summed E-state index contributed by atoms with van der Waals surface area (Å²) < 4.78 is 14.8. The smallest absolute Gasteiger partial charge is 0.129 e. The number of benzene rings is 1. The molecule has 1 heterocycles. The summed E-state index contributed by atoms with van der Waals surface area (Å²) in [6.45, 7) is 0.996. The van der Waals surface area contributed by atoms with E-state index < -0.39 is 0 Å². The molecule has 2 aromatic rings. The van der Waals surface area contributed by atoms with Crippen LogP contribution >= 0.6 is 34.5 Å². The van der Waals surface area contributed by atoms with Crippen LogP contribution in [0.5, 0.6) is 0 Å². The Morgan fingerprint density at radius 2 is 2.05 bits per heavy atom. The fourth-order valence-electron chi connectivity index (χ4n) is 2.11. The third kappa shape index (κ3) is 3.71. The molecule has 2 N–H and O–H groups in total. The van der Waals surface area contributed by atoms with Gasteiger partial charge in [0.15, 0.2) is 0 Å². The highest BCUT2D eigenvalue weighted by Crippen LogP contribution is 2.28. The minimum atomic E-state index is -0.330. The van der Waals surface area contributed by atoms with E-state index in [0.29, 0.717) is 23.7 Å². The molecule has 0 amide bonds. The van der Waals surface area contributed by atoms with E-state index in [9.17, 15) is 4.39 Å². The molecule has 2 rings (SSSR count). The summed E-state index contributed by atoms with van der Waals surface area (Å²) in [7, 11) is 1.92. The van der Waals surface area contributed by atoms with E-state index in [1.165, 1.54) is 17.4 Å². The number of nitrogens with two attached hydrogens (primary N) is 1. The molecular weight excluding hydrogens is 318 g/mol. The molecule has 0 fully saturated rings. The Bertz CT molecular complexity index is 588. The maximum absolute atomic E-state index is 14.0. The van der Waals surface area contributed by atoms with Gasteiger partial charge in [-0.3, -0.25) is 4.90 Å². The van der Waals surface area contributed by atoms with E-state index in [0.717, 1.165) is 9.21 Å². The van der Waals surface area contributed by atoms with Crippen LogP contribution in [0.4, 0.5) is 4.39 Å². The van der Waals surface area contributed by atoms with E-state index in [2.05, 4.69) is 0 Å². The Kier molecular flexibility index (Phi) is 5.41. The lowest BCUT2D eigenvalue weighted by Gasteiger charge is -2.27. The fraction of sp³-hybridized carbons (Fsp3) is 0.286. The lowest BCUT2D eigenvalue weighted by molar-refractivity contribution is 0.239. The number of nitrogens with zero attached hydrogens (tertiary/aromatic N) is 1. The third-order valence-corrected chi connectivity index (χ3v) is 4.56. The van der Waals surface area contributed by atoms with E-state index in [-0.39, 0.29) is 11.9 Å². The number of hydrogen-bond acceptors (Lipinski definition) is 3. The van der Waals surface area contributed by atoms with Gasteiger partial charge in [0.05, 0.1) is 4.34 Å². The largest absolute Gasteiger partial charge is 0.329 e. The van der Waals surface area contributed by atoms with Crippen molar-refractivity contribution in [3.63, 3.8) is 0 Å². The van der Waals surface area contributed by atoms with Crippen molar-refractivity contribution in [3.05, 3.63) is 55.9 Å². The predicted octanol–water partition coefficient (Wildman–Crippen LogP) is 4.33. The fourth-order valence-corrected chi connectivity index (χ4v) is 3.42. The third-order valence-electron chi connectivity index (χ3n) is 3.11. The SMILES string of the molecule is CN(Cc1ccc(Cl)s1)C(CN)c1ccc(Cl)cc1F. The van der Waals surface area contributed by atoms with Crippen LogP contribution in [0.25, 0.3) is 0 Å². The van der Waals surface area contributed by atoms with Crippen LogP contribution in [0.15, 0.2) is 30.3 Å². The van der Waals surface area contributed by atoms with Crippen LogP contribution in [0.2, 0.25) is 9.36 Å². The molecule has 0 radical (unpaired) electrons. The second kappa shape index (κ2) is 6.87. The average molecular weight is 333 g/mol. The lowest BCUT2D eigenvalue weighted by atomic mass is 10.0. The highest BCUT2D eigenvalue weighted by atomic mass is 35.5. The van der Waals surface area contributed by atoms with Crippen molar-refractivity contribution in [3.8, 4) is 0 Å². The van der Waals surface area contributed by atoms with E-state index >= 15 is 0 Å². The van der Waals surface area contributed by atoms with Crippen molar-refractivity contribution < 1.29 is 4.39 Å². The Balaban J connectivity index is 2.18. The van der Waals surface area contributed by atoms with Gasteiger partial charge in [-0.1, -0.05) is 29.3 Å². The molecule has 2 nitrogen and oxygen atoms in total. The summed E-state index contributed by atoms with van der Waals surface area (Å²) in [6.07, 6.45) is 0. The number of thiophene rings is 1. The van der Waals surface area contributed by atoms with Crippen molar-refractivity contribution in [2.24, 2.45) is 5.73 Å². The first-order valence-corrected chi connectivity index (χ1v) is 7.68. The highest BCUT2D eigenvalue weighted by molar-refractivity contribution is 7.16. The van der Waals surface area contributed by atoms with Gasteiger partial charge in [-0.05, 0) is 31.3 Å². The summed E-state index contributed by atoms with van der Waals surface area (Å²) in [5, 5.41) is 0.384. The van der Waals surface area contributed by atoms with Crippen LogP contribution in [0.1, 0.15) is 16.5 Å². The first-order chi connectivity index (χ1) is 9.51. The number of halogens is 3. The standard InChI is InChI=1S/C14H15Cl2FN2S/c1-19(8-10-3-5-14(16)20-10)13(7-18)11-4-2-9(15)6-12(11)17/h2-6,13H,7-8,18H2,1H3. The van der Waals surface area contributed by atoms with Gasteiger partial charge in [0.25, 0.3) is 0 Å². The van der Waals surface area contributed by atoms with Crippen molar-refractivity contribution >= 4 is 34.5 Å². The molecule has 0 saturated carbocycles. The van der Waals surface area contributed by atoms with Gasteiger partial charge in [0.2, 0.25) is 0 Å². The van der Waals surface area contributed by atoms with Crippen molar-refractivity contribution in [1.29, 1.82) is 0 Å². The summed E-state index contributed by atoms with van der Waals surface area (Å²) in [5.41, 5.74) is 6.36. The molecule has 1 aromatic carbocycles. The molecule has 108 valence electrons. The minimum Gasteiger partial charge on any atom is -0.329 e. The first kappa shape index (κ1) is 15.7. The summed E-state index contributed by atoms with van der Waals surface area (Å²) in [4.78, 5) is 3.12. The molecule has 6 heteroatoms. The highest BCUT2D eigenvalue weighted by Gasteiger charge is 2.19. The van der Waals surface area contributed by atoms with Crippen LogP contribution in [0, 0.1) is 5.82 Å². The molecule has 0 saturated heterocycles. The van der Waals surface area contributed by atoms with Crippen LogP contribution in [-0.4, -0.2) is 18.5 Å². The molecule has 1 aromatic heterocycles.